The van der Waals surface area contributed by atoms with E-state index in [4.69, 9.17) is 9.47 Å². The van der Waals surface area contributed by atoms with E-state index in [1.165, 1.54) is 5.57 Å². The summed E-state index contributed by atoms with van der Waals surface area (Å²) < 4.78 is 10.00. The number of carbonyl (C=O) groups is 2. The SMILES string of the molecule is CCOC(=O)/C=C1\CCCC(C)=C1/C=C/C#Cc1ccc(C(=O)OCC)cc1. The van der Waals surface area contributed by atoms with Crippen molar-refractivity contribution in [1.29, 1.82) is 0 Å². The monoisotopic (exact) mass is 378 g/mol. The highest BCUT2D eigenvalue weighted by Crippen LogP contribution is 2.30. The molecular formula is C24H26O4. The van der Waals surface area contributed by atoms with Gasteiger partial charge in [0.2, 0.25) is 0 Å². The topological polar surface area (TPSA) is 52.6 Å². The lowest BCUT2D eigenvalue weighted by molar-refractivity contribution is -0.137. The molecule has 0 atom stereocenters. The van der Waals surface area contributed by atoms with Gasteiger partial charge in [-0.2, -0.15) is 0 Å². The summed E-state index contributed by atoms with van der Waals surface area (Å²) in [5.41, 5.74) is 4.64. The molecule has 1 aliphatic carbocycles. The fourth-order valence-corrected chi connectivity index (χ4v) is 2.97. The number of ether oxygens (including phenoxy) is 2. The molecule has 1 aromatic rings. The lowest BCUT2D eigenvalue weighted by atomic mass is 9.87. The third-order valence-corrected chi connectivity index (χ3v) is 4.33. The van der Waals surface area contributed by atoms with Crippen LogP contribution in [0.5, 0.6) is 0 Å². The quantitative estimate of drug-likeness (QED) is 0.421. The first-order valence-electron chi connectivity index (χ1n) is 9.57. The third kappa shape index (κ3) is 6.28. The fraction of sp³-hybridized carbons (Fsp3) is 0.333. The second-order valence-electron chi connectivity index (χ2n) is 6.37. The normalized spacial score (nSPS) is 15.3. The van der Waals surface area contributed by atoms with Gasteiger partial charge >= 0.3 is 11.9 Å². The molecule has 4 heteroatoms. The molecule has 0 saturated heterocycles. The first-order chi connectivity index (χ1) is 13.5. The zero-order valence-electron chi connectivity index (χ0n) is 16.7. The van der Waals surface area contributed by atoms with Gasteiger partial charge in [-0.15, -0.1) is 0 Å². The lowest BCUT2D eigenvalue weighted by Crippen LogP contribution is -2.05. The van der Waals surface area contributed by atoms with E-state index in [9.17, 15) is 9.59 Å². The predicted molar refractivity (Wildman–Crippen MR) is 110 cm³/mol. The van der Waals surface area contributed by atoms with E-state index in [1.807, 2.05) is 6.08 Å². The summed E-state index contributed by atoms with van der Waals surface area (Å²) in [6.07, 6.45) is 8.25. The summed E-state index contributed by atoms with van der Waals surface area (Å²) in [4.78, 5) is 23.4. The van der Waals surface area contributed by atoms with Crippen LogP contribution < -0.4 is 0 Å². The van der Waals surface area contributed by atoms with Gasteiger partial charge in [0.15, 0.2) is 0 Å². The first-order valence-corrected chi connectivity index (χ1v) is 9.57. The largest absolute Gasteiger partial charge is 0.463 e. The maximum Gasteiger partial charge on any atom is 0.338 e. The molecule has 0 N–H and O–H groups in total. The van der Waals surface area contributed by atoms with Crippen molar-refractivity contribution in [2.75, 3.05) is 13.2 Å². The van der Waals surface area contributed by atoms with Crippen molar-refractivity contribution in [1.82, 2.24) is 0 Å². The summed E-state index contributed by atoms with van der Waals surface area (Å²) in [5, 5.41) is 0. The molecule has 0 aliphatic heterocycles. The Morgan fingerprint density at radius 1 is 1.07 bits per heavy atom. The van der Waals surface area contributed by atoms with Gasteiger partial charge in [-0.3, -0.25) is 0 Å². The van der Waals surface area contributed by atoms with Crippen molar-refractivity contribution in [2.45, 2.75) is 40.0 Å². The van der Waals surface area contributed by atoms with E-state index in [0.29, 0.717) is 18.8 Å². The minimum absolute atomic E-state index is 0.300. The lowest BCUT2D eigenvalue weighted by Gasteiger charge is -2.18. The molecule has 0 saturated carbocycles. The summed E-state index contributed by atoms with van der Waals surface area (Å²) >= 11 is 0. The van der Waals surface area contributed by atoms with Gasteiger partial charge in [-0.1, -0.05) is 17.4 Å². The molecule has 0 spiro atoms. The maximum absolute atomic E-state index is 11.8. The Bertz CT molecular complexity index is 858. The molecule has 2 rings (SSSR count). The molecule has 0 heterocycles. The van der Waals surface area contributed by atoms with Crippen molar-refractivity contribution in [3.8, 4) is 11.8 Å². The summed E-state index contributed by atoms with van der Waals surface area (Å²) in [5.74, 6) is 5.44. The molecule has 0 amide bonds. The number of hydrogen-bond acceptors (Lipinski definition) is 4. The number of allylic oxidation sites excluding steroid dienone is 5. The van der Waals surface area contributed by atoms with Crippen LogP contribution in [0, 0.1) is 11.8 Å². The third-order valence-electron chi connectivity index (χ3n) is 4.33. The predicted octanol–water partition coefficient (Wildman–Crippen LogP) is 4.76. The Morgan fingerprint density at radius 3 is 2.46 bits per heavy atom. The number of hydrogen-bond donors (Lipinski definition) is 0. The van der Waals surface area contributed by atoms with Gasteiger partial charge in [0.25, 0.3) is 0 Å². The van der Waals surface area contributed by atoms with Crippen LogP contribution in [0.15, 0.2) is 59.2 Å². The average Bonchev–Trinajstić information content (AvgIpc) is 2.68. The standard InChI is InChI=1S/C24H26O4/c1-4-27-23(25)17-21-11-8-9-18(3)22(21)12-7-6-10-19-13-15-20(16-14-19)24(26)28-5-2/h7,12-17H,4-5,8-9,11H2,1-3H3/b12-7+,21-17+. The second kappa shape index (κ2) is 10.9. The molecule has 4 nitrogen and oxygen atoms in total. The Kier molecular flexibility index (Phi) is 8.30. The highest BCUT2D eigenvalue weighted by atomic mass is 16.5. The van der Waals surface area contributed by atoms with Crippen LogP contribution in [-0.4, -0.2) is 25.2 Å². The smallest absolute Gasteiger partial charge is 0.338 e. The van der Waals surface area contributed by atoms with Gasteiger partial charge in [0.1, 0.15) is 0 Å². The molecule has 28 heavy (non-hydrogen) atoms. The fourth-order valence-electron chi connectivity index (χ4n) is 2.97. The van der Waals surface area contributed by atoms with Crippen molar-refractivity contribution < 1.29 is 19.1 Å². The maximum atomic E-state index is 11.8. The van der Waals surface area contributed by atoms with Crippen LogP contribution >= 0.6 is 0 Å². The van der Waals surface area contributed by atoms with E-state index in [1.54, 1.807) is 50.3 Å². The van der Waals surface area contributed by atoms with E-state index in [0.717, 1.165) is 36.0 Å². The molecular weight excluding hydrogens is 352 g/mol. The van der Waals surface area contributed by atoms with Crippen LogP contribution in [-0.2, 0) is 14.3 Å². The van der Waals surface area contributed by atoms with Crippen molar-refractivity contribution in [3.63, 3.8) is 0 Å². The first kappa shape index (κ1) is 21.2. The Hall–Kier alpha value is -3.06. The van der Waals surface area contributed by atoms with E-state index in [2.05, 4.69) is 18.8 Å². The molecule has 1 aromatic carbocycles. The number of carbonyl (C=O) groups excluding carboxylic acids is 2. The summed E-state index contributed by atoms with van der Waals surface area (Å²) in [6, 6.07) is 7.01. The Morgan fingerprint density at radius 2 is 1.79 bits per heavy atom. The number of benzene rings is 1. The minimum atomic E-state index is -0.331. The zero-order valence-corrected chi connectivity index (χ0v) is 16.7. The summed E-state index contributed by atoms with van der Waals surface area (Å²) in [6.45, 7) is 6.39. The molecule has 0 fully saturated rings. The number of esters is 2. The summed E-state index contributed by atoms with van der Waals surface area (Å²) in [7, 11) is 0. The van der Waals surface area contributed by atoms with Gasteiger partial charge in [-0.05, 0) is 87.6 Å². The number of rotatable bonds is 5. The second-order valence-corrected chi connectivity index (χ2v) is 6.37. The molecule has 0 aromatic heterocycles. The Labute approximate surface area is 166 Å². The van der Waals surface area contributed by atoms with Crippen LogP contribution in [0.1, 0.15) is 56.0 Å². The van der Waals surface area contributed by atoms with Crippen molar-refractivity contribution >= 4 is 11.9 Å². The van der Waals surface area contributed by atoms with Crippen LogP contribution in [0.3, 0.4) is 0 Å². The van der Waals surface area contributed by atoms with Gasteiger partial charge in [0.05, 0.1) is 18.8 Å². The Balaban J connectivity index is 2.10. The molecule has 0 bridgehead atoms. The van der Waals surface area contributed by atoms with Crippen molar-refractivity contribution in [3.05, 3.63) is 70.3 Å². The highest BCUT2D eigenvalue weighted by molar-refractivity contribution is 5.89. The molecule has 0 unspecified atom stereocenters. The van der Waals surface area contributed by atoms with Crippen LogP contribution in [0.2, 0.25) is 0 Å². The van der Waals surface area contributed by atoms with Crippen molar-refractivity contribution in [2.24, 2.45) is 0 Å². The average molecular weight is 378 g/mol. The van der Waals surface area contributed by atoms with E-state index >= 15 is 0 Å². The molecule has 1 aliphatic rings. The zero-order chi connectivity index (χ0) is 20.4. The minimum Gasteiger partial charge on any atom is -0.463 e. The van der Waals surface area contributed by atoms with Gasteiger partial charge in [-0.25, -0.2) is 9.59 Å². The van der Waals surface area contributed by atoms with Gasteiger partial charge < -0.3 is 9.47 Å². The van der Waals surface area contributed by atoms with Crippen LogP contribution in [0.25, 0.3) is 0 Å². The van der Waals surface area contributed by atoms with Gasteiger partial charge in [0, 0.05) is 11.6 Å². The highest BCUT2D eigenvalue weighted by Gasteiger charge is 2.14. The van der Waals surface area contributed by atoms with E-state index < -0.39 is 0 Å². The molecule has 146 valence electrons. The van der Waals surface area contributed by atoms with Crippen LogP contribution in [0.4, 0.5) is 0 Å². The van der Waals surface area contributed by atoms with E-state index in [-0.39, 0.29) is 11.9 Å². The molecule has 0 radical (unpaired) electrons.